The summed E-state index contributed by atoms with van der Waals surface area (Å²) in [5.41, 5.74) is 1.22. The van der Waals surface area contributed by atoms with Crippen molar-refractivity contribution in [3.63, 3.8) is 0 Å². The van der Waals surface area contributed by atoms with Crippen molar-refractivity contribution >= 4 is 11.3 Å². The standard InChI is InChI=1S/C15H28N2S/c1-5-7-8-9-10-11-14(16-6-2)15-12(3)17-13(4)18-15/h14,16H,5-11H2,1-4H3. The Morgan fingerprint density at radius 3 is 2.39 bits per heavy atom. The molecule has 1 heterocycles. The Morgan fingerprint density at radius 2 is 1.83 bits per heavy atom. The van der Waals surface area contributed by atoms with E-state index in [1.807, 2.05) is 11.3 Å². The van der Waals surface area contributed by atoms with Gasteiger partial charge in [-0.3, -0.25) is 0 Å². The summed E-state index contributed by atoms with van der Waals surface area (Å²) in [6.07, 6.45) is 8.03. The Balaban J connectivity index is 2.47. The number of rotatable bonds is 9. The molecule has 0 aliphatic heterocycles. The number of nitrogens with one attached hydrogen (secondary N) is 1. The first-order chi connectivity index (χ1) is 8.69. The molecule has 2 nitrogen and oxygen atoms in total. The Bertz CT molecular complexity index is 333. The van der Waals surface area contributed by atoms with Crippen LogP contribution in [-0.2, 0) is 0 Å². The van der Waals surface area contributed by atoms with Crippen molar-refractivity contribution in [3.05, 3.63) is 15.6 Å². The van der Waals surface area contributed by atoms with Crippen LogP contribution in [0, 0.1) is 13.8 Å². The lowest BCUT2D eigenvalue weighted by atomic mass is 10.0. The Morgan fingerprint density at radius 1 is 1.11 bits per heavy atom. The molecule has 0 spiro atoms. The van der Waals surface area contributed by atoms with Crippen LogP contribution in [0.25, 0.3) is 0 Å². The first-order valence-electron chi connectivity index (χ1n) is 7.36. The van der Waals surface area contributed by atoms with Crippen molar-refractivity contribution in [2.24, 2.45) is 0 Å². The van der Waals surface area contributed by atoms with Gasteiger partial charge in [-0.1, -0.05) is 46.0 Å². The van der Waals surface area contributed by atoms with E-state index in [4.69, 9.17) is 0 Å². The van der Waals surface area contributed by atoms with Gasteiger partial charge < -0.3 is 5.32 Å². The molecule has 0 amide bonds. The normalized spacial score (nSPS) is 12.9. The van der Waals surface area contributed by atoms with E-state index in [-0.39, 0.29) is 0 Å². The molecule has 1 rings (SSSR count). The summed E-state index contributed by atoms with van der Waals surface area (Å²) in [4.78, 5) is 6.00. The summed E-state index contributed by atoms with van der Waals surface area (Å²) < 4.78 is 0. The summed E-state index contributed by atoms with van der Waals surface area (Å²) in [6, 6.07) is 0.517. The molecule has 1 aromatic rings. The van der Waals surface area contributed by atoms with Crippen LogP contribution >= 0.6 is 11.3 Å². The molecule has 0 radical (unpaired) electrons. The van der Waals surface area contributed by atoms with E-state index in [0.29, 0.717) is 6.04 Å². The summed E-state index contributed by atoms with van der Waals surface area (Å²) in [6.45, 7) is 9.74. The van der Waals surface area contributed by atoms with Gasteiger partial charge in [-0.05, 0) is 26.8 Å². The third-order valence-electron chi connectivity index (χ3n) is 3.30. The van der Waals surface area contributed by atoms with Crippen molar-refractivity contribution < 1.29 is 0 Å². The van der Waals surface area contributed by atoms with E-state index in [9.17, 15) is 0 Å². The molecule has 0 saturated carbocycles. The average molecular weight is 268 g/mol. The van der Waals surface area contributed by atoms with Gasteiger partial charge in [0.25, 0.3) is 0 Å². The lowest BCUT2D eigenvalue weighted by Crippen LogP contribution is -2.20. The summed E-state index contributed by atoms with van der Waals surface area (Å²) in [5.74, 6) is 0. The van der Waals surface area contributed by atoms with Crippen LogP contribution < -0.4 is 5.32 Å². The largest absolute Gasteiger partial charge is 0.309 e. The average Bonchev–Trinajstić information content (AvgIpc) is 2.67. The van der Waals surface area contributed by atoms with Crippen LogP contribution in [-0.4, -0.2) is 11.5 Å². The van der Waals surface area contributed by atoms with Crippen LogP contribution in [0.3, 0.4) is 0 Å². The van der Waals surface area contributed by atoms with Crippen molar-refractivity contribution in [1.29, 1.82) is 0 Å². The number of unbranched alkanes of at least 4 members (excludes halogenated alkanes) is 4. The van der Waals surface area contributed by atoms with E-state index in [0.717, 1.165) is 6.54 Å². The molecule has 3 heteroatoms. The predicted octanol–water partition coefficient (Wildman–Crippen LogP) is 4.77. The maximum Gasteiger partial charge on any atom is 0.0900 e. The number of hydrogen-bond donors (Lipinski definition) is 1. The Labute approximate surface area is 116 Å². The summed E-state index contributed by atoms with van der Waals surface area (Å²) in [7, 11) is 0. The smallest absolute Gasteiger partial charge is 0.0900 e. The minimum Gasteiger partial charge on any atom is -0.309 e. The molecule has 18 heavy (non-hydrogen) atoms. The SMILES string of the molecule is CCCCCCCC(NCC)c1sc(C)nc1C. The number of aromatic nitrogens is 1. The van der Waals surface area contributed by atoms with Gasteiger partial charge in [0.05, 0.1) is 10.7 Å². The molecule has 0 aliphatic rings. The molecule has 0 fully saturated rings. The molecule has 1 unspecified atom stereocenters. The van der Waals surface area contributed by atoms with E-state index in [1.165, 1.54) is 54.1 Å². The van der Waals surface area contributed by atoms with Crippen LogP contribution in [0.2, 0.25) is 0 Å². The molecular formula is C15H28N2S. The monoisotopic (exact) mass is 268 g/mol. The first kappa shape index (κ1) is 15.6. The second-order valence-electron chi connectivity index (χ2n) is 5.00. The van der Waals surface area contributed by atoms with Gasteiger partial charge in [-0.15, -0.1) is 11.3 Å². The van der Waals surface area contributed by atoms with Gasteiger partial charge in [-0.25, -0.2) is 4.98 Å². The minimum atomic E-state index is 0.517. The van der Waals surface area contributed by atoms with Gasteiger partial charge in [0.2, 0.25) is 0 Å². The van der Waals surface area contributed by atoms with Gasteiger partial charge in [-0.2, -0.15) is 0 Å². The second kappa shape index (κ2) is 8.65. The van der Waals surface area contributed by atoms with E-state index < -0.39 is 0 Å². The van der Waals surface area contributed by atoms with E-state index in [2.05, 4.69) is 38.0 Å². The van der Waals surface area contributed by atoms with Crippen molar-refractivity contribution in [3.8, 4) is 0 Å². The van der Waals surface area contributed by atoms with Gasteiger partial charge in [0, 0.05) is 10.9 Å². The van der Waals surface area contributed by atoms with Crippen LogP contribution in [0.1, 0.15) is 74.0 Å². The third kappa shape index (κ3) is 5.07. The summed E-state index contributed by atoms with van der Waals surface area (Å²) >= 11 is 1.86. The number of hydrogen-bond acceptors (Lipinski definition) is 3. The zero-order valence-electron chi connectivity index (χ0n) is 12.4. The molecule has 1 aromatic heterocycles. The molecule has 0 bridgehead atoms. The fourth-order valence-corrected chi connectivity index (χ4v) is 3.43. The van der Waals surface area contributed by atoms with Gasteiger partial charge in [0.1, 0.15) is 0 Å². The molecule has 104 valence electrons. The number of aryl methyl sites for hydroxylation is 2. The van der Waals surface area contributed by atoms with Gasteiger partial charge in [0.15, 0.2) is 0 Å². The highest BCUT2D eigenvalue weighted by atomic mass is 32.1. The fourth-order valence-electron chi connectivity index (χ4n) is 2.39. The highest BCUT2D eigenvalue weighted by molar-refractivity contribution is 7.11. The zero-order chi connectivity index (χ0) is 13.4. The van der Waals surface area contributed by atoms with Gasteiger partial charge >= 0.3 is 0 Å². The topological polar surface area (TPSA) is 24.9 Å². The molecule has 0 saturated heterocycles. The lowest BCUT2D eigenvalue weighted by molar-refractivity contribution is 0.482. The van der Waals surface area contributed by atoms with Crippen molar-refractivity contribution in [1.82, 2.24) is 10.3 Å². The molecule has 1 atom stereocenters. The molecule has 0 aliphatic carbocycles. The maximum absolute atomic E-state index is 4.55. The first-order valence-corrected chi connectivity index (χ1v) is 8.18. The Hall–Kier alpha value is -0.410. The zero-order valence-corrected chi connectivity index (χ0v) is 13.2. The molecule has 1 N–H and O–H groups in total. The predicted molar refractivity (Wildman–Crippen MR) is 81.4 cm³/mol. The lowest BCUT2D eigenvalue weighted by Gasteiger charge is -2.17. The quantitative estimate of drug-likeness (QED) is 0.652. The number of thiazole rings is 1. The van der Waals surface area contributed by atoms with Crippen molar-refractivity contribution in [2.45, 2.75) is 72.3 Å². The van der Waals surface area contributed by atoms with Crippen LogP contribution in [0.4, 0.5) is 0 Å². The summed E-state index contributed by atoms with van der Waals surface area (Å²) in [5, 5.41) is 4.81. The second-order valence-corrected chi connectivity index (χ2v) is 6.23. The molecular weight excluding hydrogens is 240 g/mol. The van der Waals surface area contributed by atoms with Crippen molar-refractivity contribution in [2.75, 3.05) is 6.54 Å². The highest BCUT2D eigenvalue weighted by Crippen LogP contribution is 2.28. The Kier molecular flexibility index (Phi) is 7.52. The molecule has 0 aromatic carbocycles. The van der Waals surface area contributed by atoms with E-state index >= 15 is 0 Å². The third-order valence-corrected chi connectivity index (χ3v) is 4.49. The highest BCUT2D eigenvalue weighted by Gasteiger charge is 2.15. The fraction of sp³-hybridized carbons (Fsp3) is 0.800. The minimum absolute atomic E-state index is 0.517. The van der Waals surface area contributed by atoms with Crippen LogP contribution in [0.15, 0.2) is 0 Å². The van der Waals surface area contributed by atoms with Crippen LogP contribution in [0.5, 0.6) is 0 Å². The van der Waals surface area contributed by atoms with E-state index in [1.54, 1.807) is 0 Å². The maximum atomic E-state index is 4.55. The number of nitrogens with zero attached hydrogens (tertiary/aromatic N) is 1.